The molecule has 5 amide bonds. The first-order valence-electron chi connectivity index (χ1n) is 17.8. The van der Waals surface area contributed by atoms with Gasteiger partial charge >= 0.3 is 0 Å². The molecule has 0 saturated carbocycles. The molecule has 3 aromatic carbocycles. The van der Waals surface area contributed by atoms with Crippen LogP contribution in [0.15, 0.2) is 73.1 Å². The van der Waals surface area contributed by atoms with E-state index in [-0.39, 0.29) is 29.9 Å². The van der Waals surface area contributed by atoms with E-state index in [0.717, 1.165) is 52.3 Å². The van der Waals surface area contributed by atoms with Crippen LogP contribution in [0.1, 0.15) is 61.5 Å². The molecule has 3 N–H and O–H groups in total. The van der Waals surface area contributed by atoms with E-state index in [2.05, 4.69) is 50.7 Å². The maximum absolute atomic E-state index is 13.4. The highest BCUT2D eigenvalue weighted by Gasteiger charge is 2.45. The average Bonchev–Trinajstić information content (AvgIpc) is 3.70. The van der Waals surface area contributed by atoms with Crippen molar-refractivity contribution in [3.8, 4) is 22.4 Å². The molecule has 268 valence electrons. The van der Waals surface area contributed by atoms with Crippen LogP contribution in [0, 0.1) is 0 Å². The number of carbonyl (C=O) groups is 5. The number of amides is 5. The number of piperidine rings is 1. The standard InChI is InChI=1S/C40H38N8O5/c1-46-18-15-25-19-26(11-12-27(25)22-46)31-21-43-36-35(44-31)29(20-42-36)23-7-9-24(10-8-23)38(51)47(2)17-4-16-41-30-6-3-5-28-34(30)40(53)48(39(28)52)32-13-14-33(49)45-37(32)50/h3,5-12,19-21,32,41H,4,13-18,22H2,1-2H3,(H,42,43)(H,45,49,50). The Kier molecular flexibility index (Phi) is 8.79. The van der Waals surface area contributed by atoms with Gasteiger partial charge in [-0.1, -0.05) is 30.3 Å². The van der Waals surface area contributed by atoms with Crippen molar-refractivity contribution in [2.75, 3.05) is 39.0 Å². The summed E-state index contributed by atoms with van der Waals surface area (Å²) in [4.78, 5) is 81.7. The van der Waals surface area contributed by atoms with Gasteiger partial charge in [0.25, 0.3) is 17.7 Å². The van der Waals surface area contributed by atoms with Crippen molar-refractivity contribution in [1.29, 1.82) is 0 Å². The van der Waals surface area contributed by atoms with Crippen molar-refractivity contribution >= 4 is 46.4 Å². The molecule has 13 nitrogen and oxygen atoms in total. The fourth-order valence-corrected chi connectivity index (χ4v) is 7.42. The average molecular weight is 711 g/mol. The number of carbonyl (C=O) groups excluding carboxylic acids is 5. The second kappa shape index (κ2) is 13.7. The molecule has 1 atom stereocenters. The lowest BCUT2D eigenvalue weighted by Gasteiger charge is -2.27. The summed E-state index contributed by atoms with van der Waals surface area (Å²) in [5.41, 5.74) is 9.28. The predicted molar refractivity (Wildman–Crippen MR) is 198 cm³/mol. The zero-order valence-corrected chi connectivity index (χ0v) is 29.4. The lowest BCUT2D eigenvalue weighted by Crippen LogP contribution is -2.54. The number of benzene rings is 3. The monoisotopic (exact) mass is 710 g/mol. The maximum atomic E-state index is 13.4. The van der Waals surface area contributed by atoms with Crippen LogP contribution in [0.5, 0.6) is 0 Å². The van der Waals surface area contributed by atoms with E-state index in [1.807, 2.05) is 30.5 Å². The van der Waals surface area contributed by atoms with Crippen LogP contribution in [-0.2, 0) is 22.6 Å². The molecule has 8 rings (SSSR count). The van der Waals surface area contributed by atoms with Gasteiger partial charge in [-0.25, -0.2) is 9.97 Å². The Balaban J connectivity index is 0.893. The van der Waals surface area contributed by atoms with Crippen molar-refractivity contribution in [2.45, 2.75) is 38.3 Å². The van der Waals surface area contributed by atoms with Crippen LogP contribution in [0.3, 0.4) is 0 Å². The van der Waals surface area contributed by atoms with Gasteiger partial charge in [0.1, 0.15) is 11.6 Å². The van der Waals surface area contributed by atoms with Crippen molar-refractivity contribution in [3.05, 3.63) is 101 Å². The predicted octanol–water partition coefficient (Wildman–Crippen LogP) is 4.26. The van der Waals surface area contributed by atoms with Crippen molar-refractivity contribution in [2.24, 2.45) is 0 Å². The van der Waals surface area contributed by atoms with Crippen molar-refractivity contribution < 1.29 is 24.0 Å². The Morgan fingerprint density at radius 1 is 0.962 bits per heavy atom. The summed E-state index contributed by atoms with van der Waals surface area (Å²) in [6, 6.07) is 17.9. The molecule has 13 heteroatoms. The first-order valence-corrected chi connectivity index (χ1v) is 17.8. The Morgan fingerprint density at radius 2 is 1.77 bits per heavy atom. The van der Waals surface area contributed by atoms with Gasteiger partial charge in [0, 0.05) is 68.2 Å². The van der Waals surface area contributed by atoms with Crippen LogP contribution >= 0.6 is 0 Å². The highest BCUT2D eigenvalue weighted by molar-refractivity contribution is 6.25. The number of hydrogen-bond acceptors (Lipinski definition) is 9. The fourth-order valence-electron chi connectivity index (χ4n) is 7.42. The molecule has 1 saturated heterocycles. The van der Waals surface area contributed by atoms with Gasteiger partial charge in [-0.2, -0.15) is 0 Å². The van der Waals surface area contributed by atoms with E-state index in [0.29, 0.717) is 36.4 Å². The smallest absolute Gasteiger partial charge is 0.264 e. The highest BCUT2D eigenvalue weighted by atomic mass is 16.2. The summed E-state index contributed by atoms with van der Waals surface area (Å²) >= 11 is 0. The Labute approximate surface area is 305 Å². The number of aromatic amines is 1. The molecule has 53 heavy (non-hydrogen) atoms. The van der Waals surface area contributed by atoms with Gasteiger partial charge in [-0.05, 0) is 73.3 Å². The van der Waals surface area contributed by atoms with E-state index in [1.54, 1.807) is 36.3 Å². The van der Waals surface area contributed by atoms with Gasteiger partial charge in [-0.3, -0.25) is 34.2 Å². The summed E-state index contributed by atoms with van der Waals surface area (Å²) in [6.45, 7) is 2.86. The molecular formula is C40H38N8O5. The molecule has 0 radical (unpaired) electrons. The second-order valence-electron chi connectivity index (χ2n) is 13.9. The van der Waals surface area contributed by atoms with Crippen molar-refractivity contribution in [3.63, 3.8) is 0 Å². The van der Waals surface area contributed by atoms with Crippen molar-refractivity contribution in [1.82, 2.24) is 35.0 Å². The topological polar surface area (TPSA) is 161 Å². The third-order valence-corrected chi connectivity index (χ3v) is 10.3. The van der Waals surface area contributed by atoms with E-state index in [1.165, 1.54) is 11.1 Å². The summed E-state index contributed by atoms with van der Waals surface area (Å²) in [7, 11) is 3.88. The number of nitrogens with one attached hydrogen (secondary N) is 3. The fraction of sp³-hybridized carbons (Fsp3) is 0.275. The van der Waals surface area contributed by atoms with Gasteiger partial charge in [0.2, 0.25) is 11.8 Å². The lowest BCUT2D eigenvalue weighted by atomic mass is 9.96. The van der Waals surface area contributed by atoms with E-state index in [9.17, 15) is 24.0 Å². The number of fused-ring (bicyclic) bond motifs is 3. The van der Waals surface area contributed by atoms with Gasteiger partial charge < -0.3 is 20.1 Å². The summed E-state index contributed by atoms with van der Waals surface area (Å²) in [5.74, 6) is -2.32. The van der Waals surface area contributed by atoms with Crippen LogP contribution in [0.4, 0.5) is 5.69 Å². The van der Waals surface area contributed by atoms with E-state index >= 15 is 0 Å². The number of anilines is 1. The lowest BCUT2D eigenvalue weighted by molar-refractivity contribution is -0.136. The number of H-pyrrole nitrogens is 1. The van der Waals surface area contributed by atoms with E-state index in [4.69, 9.17) is 4.98 Å². The first-order chi connectivity index (χ1) is 25.7. The van der Waals surface area contributed by atoms with Crippen LogP contribution in [0.25, 0.3) is 33.5 Å². The number of aromatic nitrogens is 3. The molecule has 1 unspecified atom stereocenters. The largest absolute Gasteiger partial charge is 0.384 e. The van der Waals surface area contributed by atoms with Gasteiger partial charge in [0.15, 0.2) is 5.65 Å². The Bertz CT molecular complexity index is 2320. The van der Waals surface area contributed by atoms with E-state index < -0.39 is 29.7 Å². The first kappa shape index (κ1) is 33.9. The number of rotatable bonds is 9. The van der Waals surface area contributed by atoms with Crippen LogP contribution < -0.4 is 10.6 Å². The quantitative estimate of drug-likeness (QED) is 0.150. The Morgan fingerprint density at radius 3 is 2.58 bits per heavy atom. The molecule has 1 fully saturated rings. The molecule has 0 bridgehead atoms. The number of likely N-dealkylation sites (N-methyl/N-ethyl adjacent to an activating group) is 1. The molecule has 0 aliphatic carbocycles. The summed E-state index contributed by atoms with van der Waals surface area (Å²) in [5, 5.41) is 5.44. The molecule has 3 aliphatic rings. The highest BCUT2D eigenvalue weighted by Crippen LogP contribution is 2.33. The summed E-state index contributed by atoms with van der Waals surface area (Å²) < 4.78 is 0. The summed E-state index contributed by atoms with van der Waals surface area (Å²) in [6.07, 6.45) is 5.43. The zero-order valence-electron chi connectivity index (χ0n) is 29.4. The Hall–Kier alpha value is -6.21. The van der Waals surface area contributed by atoms with Gasteiger partial charge in [0.05, 0.1) is 23.0 Å². The number of nitrogens with zero attached hydrogens (tertiary/aromatic N) is 5. The molecule has 5 heterocycles. The van der Waals surface area contributed by atoms with Crippen LogP contribution in [0.2, 0.25) is 0 Å². The third-order valence-electron chi connectivity index (χ3n) is 10.3. The SMILES string of the molecule is CN1CCc2cc(-c3cnc4[nH]cc(-c5ccc(C(=O)N(C)CCCNc6cccc7c6C(=O)N(C6CCC(=O)NC6=O)C7=O)cc5)c4n3)ccc2C1. The molecule has 5 aromatic rings. The van der Waals surface area contributed by atoms with Crippen LogP contribution in [-0.4, -0.2) is 99.0 Å². The third kappa shape index (κ3) is 6.33. The van der Waals surface area contributed by atoms with Gasteiger partial charge in [-0.15, -0.1) is 0 Å². The minimum atomic E-state index is -1.03. The second-order valence-corrected chi connectivity index (χ2v) is 13.9. The minimum absolute atomic E-state index is 0.0559. The zero-order chi connectivity index (χ0) is 36.8. The normalized spacial score (nSPS) is 17.2. The minimum Gasteiger partial charge on any atom is -0.384 e. The number of hydrogen-bond donors (Lipinski definition) is 3. The molecule has 0 spiro atoms. The number of imide groups is 2. The molecule has 3 aliphatic heterocycles. The molecular weight excluding hydrogens is 672 g/mol. The maximum Gasteiger partial charge on any atom is 0.264 e. The molecule has 2 aromatic heterocycles.